The van der Waals surface area contributed by atoms with Crippen molar-refractivity contribution in [2.45, 2.75) is 18.9 Å². The number of pyridine rings is 1. The van der Waals surface area contributed by atoms with Crippen LogP contribution in [0.4, 0.5) is 11.5 Å². The van der Waals surface area contributed by atoms with Gasteiger partial charge in [0.1, 0.15) is 12.0 Å². The van der Waals surface area contributed by atoms with Gasteiger partial charge in [0.25, 0.3) is 5.69 Å². The van der Waals surface area contributed by atoms with Crippen molar-refractivity contribution in [2.75, 3.05) is 5.32 Å². The molecular formula is C9H10N4O2S. The fourth-order valence-electron chi connectivity index (χ4n) is 1.13. The third-order valence-corrected chi connectivity index (χ3v) is 2.33. The predicted molar refractivity (Wildman–Crippen MR) is 63.3 cm³/mol. The summed E-state index contributed by atoms with van der Waals surface area (Å²) in [5, 5.41) is 16.9. The van der Waals surface area contributed by atoms with E-state index in [2.05, 4.69) is 15.6 Å². The lowest BCUT2D eigenvalue weighted by molar-refractivity contribution is -0.385. The highest BCUT2D eigenvalue weighted by Crippen LogP contribution is 2.19. The first-order valence-electron chi connectivity index (χ1n) is 4.83. The van der Waals surface area contributed by atoms with Crippen LogP contribution in [0.1, 0.15) is 12.8 Å². The standard InChI is InChI=1S/C9H10N4O2S/c14-13(15)7-3-4-8(10-5-7)12-9(16)11-6-1-2-6/h3-6H,1-2H2,(H2,10,11,12,16). The van der Waals surface area contributed by atoms with Crippen molar-refractivity contribution in [2.24, 2.45) is 0 Å². The smallest absolute Gasteiger partial charge is 0.287 e. The second kappa shape index (κ2) is 4.40. The molecule has 0 atom stereocenters. The molecule has 7 heteroatoms. The first-order chi connectivity index (χ1) is 7.65. The fourth-order valence-corrected chi connectivity index (χ4v) is 1.40. The molecule has 1 aromatic heterocycles. The monoisotopic (exact) mass is 238 g/mol. The molecule has 0 unspecified atom stereocenters. The molecule has 0 amide bonds. The van der Waals surface area contributed by atoms with Crippen LogP contribution in [-0.2, 0) is 0 Å². The minimum atomic E-state index is -0.489. The Bertz CT molecular complexity index is 416. The van der Waals surface area contributed by atoms with Crippen molar-refractivity contribution in [3.8, 4) is 0 Å². The van der Waals surface area contributed by atoms with Gasteiger partial charge in [-0.1, -0.05) is 0 Å². The molecule has 0 aromatic carbocycles. The molecule has 1 aliphatic carbocycles. The minimum absolute atomic E-state index is 0.0355. The molecule has 1 fully saturated rings. The van der Waals surface area contributed by atoms with Gasteiger partial charge in [0.15, 0.2) is 5.11 Å². The van der Waals surface area contributed by atoms with Crippen LogP contribution in [0.2, 0.25) is 0 Å². The summed E-state index contributed by atoms with van der Waals surface area (Å²) in [5.74, 6) is 0.503. The third kappa shape index (κ3) is 2.86. The number of rotatable bonds is 3. The molecule has 2 rings (SSSR count). The van der Waals surface area contributed by atoms with Gasteiger partial charge in [-0.15, -0.1) is 0 Å². The van der Waals surface area contributed by atoms with Crippen LogP contribution in [0.5, 0.6) is 0 Å². The van der Waals surface area contributed by atoms with Gasteiger partial charge in [0, 0.05) is 12.1 Å². The van der Waals surface area contributed by atoms with Crippen LogP contribution < -0.4 is 10.6 Å². The maximum Gasteiger partial charge on any atom is 0.287 e. The van der Waals surface area contributed by atoms with E-state index in [4.69, 9.17) is 12.2 Å². The summed E-state index contributed by atoms with van der Waals surface area (Å²) >= 11 is 5.04. The van der Waals surface area contributed by atoms with Crippen molar-refractivity contribution in [1.29, 1.82) is 0 Å². The summed E-state index contributed by atoms with van der Waals surface area (Å²) in [6.07, 6.45) is 3.47. The van der Waals surface area contributed by atoms with Gasteiger partial charge in [-0.05, 0) is 31.1 Å². The quantitative estimate of drug-likeness (QED) is 0.471. The van der Waals surface area contributed by atoms with Crippen LogP contribution in [0.3, 0.4) is 0 Å². The van der Waals surface area contributed by atoms with Crippen LogP contribution in [0.25, 0.3) is 0 Å². The average molecular weight is 238 g/mol. The SMILES string of the molecule is O=[N+]([O-])c1ccc(NC(=S)NC2CC2)nc1. The topological polar surface area (TPSA) is 80.1 Å². The number of nitrogens with zero attached hydrogens (tertiary/aromatic N) is 2. The van der Waals surface area contributed by atoms with Gasteiger partial charge in [-0.3, -0.25) is 10.1 Å². The number of thiocarbonyl (C=S) groups is 1. The zero-order chi connectivity index (χ0) is 11.5. The van der Waals surface area contributed by atoms with E-state index in [1.165, 1.54) is 18.3 Å². The molecule has 1 aromatic rings. The maximum atomic E-state index is 10.4. The number of hydrogen-bond donors (Lipinski definition) is 2. The molecule has 84 valence electrons. The Morgan fingerprint density at radius 1 is 1.56 bits per heavy atom. The first-order valence-corrected chi connectivity index (χ1v) is 5.24. The van der Waals surface area contributed by atoms with Crippen molar-refractivity contribution < 1.29 is 4.92 Å². The normalized spacial score (nSPS) is 14.2. The van der Waals surface area contributed by atoms with Crippen LogP contribution in [0.15, 0.2) is 18.3 Å². The Morgan fingerprint density at radius 3 is 2.81 bits per heavy atom. The zero-order valence-electron chi connectivity index (χ0n) is 8.34. The molecule has 6 nitrogen and oxygen atoms in total. The second-order valence-electron chi connectivity index (χ2n) is 3.53. The van der Waals surface area contributed by atoms with E-state index in [0.29, 0.717) is 17.0 Å². The van der Waals surface area contributed by atoms with E-state index < -0.39 is 4.92 Å². The van der Waals surface area contributed by atoms with Gasteiger partial charge in [0.05, 0.1) is 4.92 Å². The molecule has 1 saturated carbocycles. The summed E-state index contributed by atoms with van der Waals surface area (Å²) in [5.41, 5.74) is -0.0355. The predicted octanol–water partition coefficient (Wildman–Crippen LogP) is 1.44. The van der Waals surface area contributed by atoms with Crippen molar-refractivity contribution >= 4 is 28.8 Å². The molecule has 0 spiro atoms. The molecule has 1 heterocycles. The Kier molecular flexibility index (Phi) is 2.95. The Morgan fingerprint density at radius 2 is 2.31 bits per heavy atom. The number of nitro groups is 1. The number of aromatic nitrogens is 1. The van der Waals surface area contributed by atoms with Gasteiger partial charge in [-0.2, -0.15) is 0 Å². The van der Waals surface area contributed by atoms with Crippen molar-refractivity contribution in [1.82, 2.24) is 10.3 Å². The maximum absolute atomic E-state index is 10.4. The highest BCUT2D eigenvalue weighted by atomic mass is 32.1. The fraction of sp³-hybridized carbons (Fsp3) is 0.333. The second-order valence-corrected chi connectivity index (χ2v) is 3.94. The van der Waals surface area contributed by atoms with E-state index in [-0.39, 0.29) is 5.69 Å². The minimum Gasteiger partial charge on any atom is -0.360 e. The molecule has 0 radical (unpaired) electrons. The molecule has 0 aliphatic heterocycles. The largest absolute Gasteiger partial charge is 0.360 e. The number of anilines is 1. The van der Waals surface area contributed by atoms with Crippen LogP contribution >= 0.6 is 12.2 Å². The number of nitrogens with one attached hydrogen (secondary N) is 2. The van der Waals surface area contributed by atoms with E-state index in [0.717, 1.165) is 12.8 Å². The lowest BCUT2D eigenvalue weighted by atomic mass is 10.4. The lowest BCUT2D eigenvalue weighted by Crippen LogP contribution is -2.30. The molecule has 0 bridgehead atoms. The summed E-state index contributed by atoms with van der Waals surface area (Å²) < 4.78 is 0. The third-order valence-electron chi connectivity index (χ3n) is 2.11. The first kappa shape index (κ1) is 10.7. The summed E-state index contributed by atoms with van der Waals surface area (Å²) in [6, 6.07) is 3.38. The van der Waals surface area contributed by atoms with Gasteiger partial charge < -0.3 is 10.6 Å². The summed E-state index contributed by atoms with van der Waals surface area (Å²) in [7, 11) is 0. The number of hydrogen-bond acceptors (Lipinski definition) is 4. The van der Waals surface area contributed by atoms with E-state index in [9.17, 15) is 10.1 Å². The Balaban J connectivity index is 1.93. The molecule has 0 saturated heterocycles. The van der Waals surface area contributed by atoms with E-state index >= 15 is 0 Å². The lowest BCUT2D eigenvalue weighted by Gasteiger charge is -2.07. The zero-order valence-corrected chi connectivity index (χ0v) is 9.16. The summed E-state index contributed by atoms with van der Waals surface area (Å²) in [4.78, 5) is 13.8. The van der Waals surface area contributed by atoms with Crippen molar-refractivity contribution in [3.05, 3.63) is 28.4 Å². The Labute approximate surface area is 97.2 Å². The van der Waals surface area contributed by atoms with E-state index in [1.807, 2.05) is 0 Å². The van der Waals surface area contributed by atoms with Crippen LogP contribution in [0, 0.1) is 10.1 Å². The van der Waals surface area contributed by atoms with Gasteiger partial charge >= 0.3 is 0 Å². The summed E-state index contributed by atoms with van der Waals surface area (Å²) in [6.45, 7) is 0. The molecule has 2 N–H and O–H groups in total. The van der Waals surface area contributed by atoms with E-state index in [1.54, 1.807) is 0 Å². The molecule has 16 heavy (non-hydrogen) atoms. The van der Waals surface area contributed by atoms with Gasteiger partial charge in [-0.25, -0.2) is 4.98 Å². The Hall–Kier alpha value is -1.76. The van der Waals surface area contributed by atoms with Crippen LogP contribution in [-0.4, -0.2) is 21.1 Å². The van der Waals surface area contributed by atoms with Crippen molar-refractivity contribution in [3.63, 3.8) is 0 Å². The van der Waals surface area contributed by atoms with Gasteiger partial charge in [0.2, 0.25) is 0 Å². The highest BCUT2D eigenvalue weighted by Gasteiger charge is 2.21. The molecular weight excluding hydrogens is 228 g/mol. The molecule has 1 aliphatic rings. The average Bonchev–Trinajstić information content (AvgIpc) is 3.02. The highest BCUT2D eigenvalue weighted by molar-refractivity contribution is 7.80.